The number of furan rings is 1. The van der Waals surface area contributed by atoms with Crippen molar-refractivity contribution >= 4 is 0 Å². The van der Waals surface area contributed by atoms with Crippen LogP contribution in [-0.4, -0.2) is 6.04 Å². The van der Waals surface area contributed by atoms with Crippen LogP contribution in [0.1, 0.15) is 19.6 Å². The van der Waals surface area contributed by atoms with Crippen molar-refractivity contribution in [2.75, 3.05) is 0 Å². The number of nitrogens with one attached hydrogen (secondary N) is 1. The van der Waals surface area contributed by atoms with E-state index in [0.717, 1.165) is 12.2 Å². The van der Waals surface area contributed by atoms with E-state index in [1.807, 2.05) is 12.1 Å². The summed E-state index contributed by atoms with van der Waals surface area (Å²) in [6.45, 7) is 4.26. The summed E-state index contributed by atoms with van der Waals surface area (Å²) in [5.41, 5.74) is 2.78. The summed E-state index contributed by atoms with van der Waals surface area (Å²) in [5, 5.41) is 0. The van der Waals surface area contributed by atoms with Gasteiger partial charge in [0, 0.05) is 12.5 Å². The third kappa shape index (κ3) is 2.36. The second kappa shape index (κ2) is 4.28. The van der Waals surface area contributed by atoms with Crippen molar-refractivity contribution in [3.63, 3.8) is 0 Å². The molecule has 1 aromatic rings. The quantitative estimate of drug-likeness (QED) is 0.526. The Morgan fingerprint density at radius 1 is 1.58 bits per heavy atom. The third-order valence-electron chi connectivity index (χ3n) is 2.02. The normalized spacial score (nSPS) is 13.7. The zero-order valence-electron chi connectivity index (χ0n) is 7.58. The van der Waals surface area contributed by atoms with Gasteiger partial charge < -0.3 is 4.42 Å². The van der Waals surface area contributed by atoms with Gasteiger partial charge in [-0.2, -0.15) is 0 Å². The Kier molecular flexibility index (Phi) is 3.31. The van der Waals surface area contributed by atoms with Gasteiger partial charge in [-0.15, -0.1) is 0 Å². The van der Waals surface area contributed by atoms with Gasteiger partial charge in [0.15, 0.2) is 0 Å². The van der Waals surface area contributed by atoms with Crippen molar-refractivity contribution in [1.82, 2.24) is 5.43 Å². The van der Waals surface area contributed by atoms with E-state index in [9.17, 15) is 0 Å². The molecule has 0 fully saturated rings. The summed E-state index contributed by atoms with van der Waals surface area (Å²) in [6.07, 6.45) is 2.53. The van der Waals surface area contributed by atoms with E-state index in [4.69, 9.17) is 10.3 Å². The van der Waals surface area contributed by atoms with Crippen LogP contribution < -0.4 is 11.3 Å². The number of hydrogen-bond donors (Lipinski definition) is 2. The van der Waals surface area contributed by atoms with Crippen LogP contribution in [0.5, 0.6) is 0 Å². The lowest BCUT2D eigenvalue weighted by Gasteiger charge is -2.17. The molecule has 0 radical (unpaired) electrons. The second-order valence-corrected chi connectivity index (χ2v) is 3.30. The molecule has 3 N–H and O–H groups in total. The molecule has 0 saturated heterocycles. The third-order valence-corrected chi connectivity index (χ3v) is 2.02. The van der Waals surface area contributed by atoms with Gasteiger partial charge in [-0.3, -0.25) is 11.3 Å². The Bertz CT molecular complexity index is 206. The number of hydrazine groups is 1. The molecule has 0 aliphatic rings. The van der Waals surface area contributed by atoms with Crippen LogP contribution >= 0.6 is 0 Å². The average molecular weight is 168 g/mol. The van der Waals surface area contributed by atoms with Gasteiger partial charge in [-0.1, -0.05) is 13.8 Å². The van der Waals surface area contributed by atoms with E-state index in [2.05, 4.69) is 19.3 Å². The number of rotatable bonds is 4. The Labute approximate surface area is 72.9 Å². The van der Waals surface area contributed by atoms with Crippen LogP contribution in [0.2, 0.25) is 0 Å². The Hall–Kier alpha value is -0.800. The summed E-state index contributed by atoms with van der Waals surface area (Å²) >= 11 is 0. The van der Waals surface area contributed by atoms with E-state index in [0.29, 0.717) is 5.92 Å². The van der Waals surface area contributed by atoms with Gasteiger partial charge in [-0.25, -0.2) is 0 Å². The molecule has 3 nitrogen and oxygen atoms in total. The Morgan fingerprint density at radius 2 is 2.33 bits per heavy atom. The lowest BCUT2D eigenvalue weighted by atomic mass is 10.0. The topological polar surface area (TPSA) is 51.2 Å². The average Bonchev–Trinajstić information content (AvgIpc) is 2.51. The summed E-state index contributed by atoms with van der Waals surface area (Å²) in [4.78, 5) is 0. The monoisotopic (exact) mass is 168 g/mol. The van der Waals surface area contributed by atoms with Crippen molar-refractivity contribution in [2.45, 2.75) is 26.3 Å². The molecule has 0 aliphatic heterocycles. The molecule has 1 atom stereocenters. The lowest BCUT2D eigenvalue weighted by Crippen LogP contribution is -2.40. The lowest BCUT2D eigenvalue weighted by molar-refractivity contribution is 0.372. The van der Waals surface area contributed by atoms with Crippen molar-refractivity contribution in [3.05, 3.63) is 24.2 Å². The highest BCUT2D eigenvalue weighted by molar-refractivity contribution is 5.00. The van der Waals surface area contributed by atoms with Crippen LogP contribution in [0.25, 0.3) is 0 Å². The number of nitrogens with two attached hydrogens (primary N) is 1. The zero-order chi connectivity index (χ0) is 8.97. The maximum Gasteiger partial charge on any atom is 0.105 e. The van der Waals surface area contributed by atoms with Crippen LogP contribution in [0.3, 0.4) is 0 Å². The molecule has 0 aliphatic carbocycles. The Balaban J connectivity index is 2.48. The van der Waals surface area contributed by atoms with Gasteiger partial charge in [-0.05, 0) is 18.1 Å². The van der Waals surface area contributed by atoms with Crippen LogP contribution in [0.4, 0.5) is 0 Å². The van der Waals surface area contributed by atoms with Gasteiger partial charge >= 0.3 is 0 Å². The fourth-order valence-corrected chi connectivity index (χ4v) is 1.13. The highest BCUT2D eigenvalue weighted by Gasteiger charge is 2.12. The molecule has 12 heavy (non-hydrogen) atoms. The fourth-order valence-electron chi connectivity index (χ4n) is 1.13. The van der Waals surface area contributed by atoms with Crippen molar-refractivity contribution in [2.24, 2.45) is 11.8 Å². The molecule has 1 unspecified atom stereocenters. The van der Waals surface area contributed by atoms with Gasteiger partial charge in [0.05, 0.1) is 6.26 Å². The van der Waals surface area contributed by atoms with Crippen molar-refractivity contribution in [1.29, 1.82) is 0 Å². The SMILES string of the molecule is CC(C)C(Cc1ccco1)NN. The predicted molar refractivity (Wildman–Crippen MR) is 48.4 cm³/mol. The molecular formula is C9H16N2O. The highest BCUT2D eigenvalue weighted by atomic mass is 16.3. The molecule has 1 heterocycles. The van der Waals surface area contributed by atoms with Gasteiger partial charge in [0.2, 0.25) is 0 Å². The van der Waals surface area contributed by atoms with Crippen molar-refractivity contribution < 1.29 is 4.42 Å². The standard InChI is InChI=1S/C9H16N2O/c1-7(2)9(11-10)6-8-4-3-5-12-8/h3-5,7,9,11H,6,10H2,1-2H3. The molecule has 1 aromatic heterocycles. The second-order valence-electron chi connectivity index (χ2n) is 3.30. The van der Waals surface area contributed by atoms with Gasteiger partial charge in [0.1, 0.15) is 5.76 Å². The Morgan fingerprint density at radius 3 is 2.75 bits per heavy atom. The first-order valence-corrected chi connectivity index (χ1v) is 4.22. The molecule has 0 amide bonds. The highest BCUT2D eigenvalue weighted by Crippen LogP contribution is 2.09. The minimum absolute atomic E-state index is 0.288. The molecule has 0 bridgehead atoms. The molecule has 0 aromatic carbocycles. The molecule has 68 valence electrons. The van der Waals surface area contributed by atoms with E-state index in [-0.39, 0.29) is 6.04 Å². The van der Waals surface area contributed by atoms with Crippen LogP contribution in [-0.2, 0) is 6.42 Å². The molecule has 1 rings (SSSR count). The van der Waals surface area contributed by atoms with Crippen molar-refractivity contribution in [3.8, 4) is 0 Å². The molecular weight excluding hydrogens is 152 g/mol. The maximum atomic E-state index is 5.40. The zero-order valence-corrected chi connectivity index (χ0v) is 7.58. The first-order valence-electron chi connectivity index (χ1n) is 4.22. The van der Waals surface area contributed by atoms with E-state index in [1.54, 1.807) is 6.26 Å². The minimum Gasteiger partial charge on any atom is -0.469 e. The van der Waals surface area contributed by atoms with Crippen LogP contribution in [0.15, 0.2) is 22.8 Å². The fraction of sp³-hybridized carbons (Fsp3) is 0.556. The minimum atomic E-state index is 0.288. The maximum absolute atomic E-state index is 5.40. The summed E-state index contributed by atoms with van der Waals surface area (Å²) in [5.74, 6) is 6.89. The first-order chi connectivity index (χ1) is 5.74. The van der Waals surface area contributed by atoms with Gasteiger partial charge in [0.25, 0.3) is 0 Å². The number of hydrogen-bond acceptors (Lipinski definition) is 3. The first kappa shape index (κ1) is 9.29. The van der Waals surface area contributed by atoms with E-state index >= 15 is 0 Å². The molecule has 3 heteroatoms. The molecule has 0 saturated carbocycles. The van der Waals surface area contributed by atoms with E-state index < -0.39 is 0 Å². The smallest absolute Gasteiger partial charge is 0.105 e. The predicted octanol–water partition coefficient (Wildman–Crippen LogP) is 1.31. The summed E-state index contributed by atoms with van der Waals surface area (Å²) < 4.78 is 5.22. The summed E-state index contributed by atoms with van der Waals surface area (Å²) in [7, 11) is 0. The largest absolute Gasteiger partial charge is 0.469 e. The van der Waals surface area contributed by atoms with E-state index in [1.165, 1.54) is 0 Å². The molecule has 0 spiro atoms. The van der Waals surface area contributed by atoms with Crippen LogP contribution in [0, 0.1) is 5.92 Å². The summed E-state index contributed by atoms with van der Waals surface area (Å²) in [6, 6.07) is 4.15.